The molecule has 0 amide bonds. The number of benzene rings is 1. The first-order valence-corrected chi connectivity index (χ1v) is 12.4. The van der Waals surface area contributed by atoms with Gasteiger partial charge >= 0.3 is 0 Å². The lowest BCUT2D eigenvalue weighted by Crippen LogP contribution is -2.53. The minimum atomic E-state index is -2.18. The highest BCUT2D eigenvalue weighted by molar-refractivity contribution is 6.74. The fraction of sp³-hybridized carbons (Fsp3) is 0.619. The summed E-state index contributed by atoms with van der Waals surface area (Å²) in [5.41, 5.74) is 1.04. The monoisotopic (exact) mass is 394 g/mol. The summed E-state index contributed by atoms with van der Waals surface area (Å²) < 4.78 is 18.2. The van der Waals surface area contributed by atoms with E-state index in [1.807, 2.05) is 30.3 Å². The first-order chi connectivity index (χ1) is 12.5. The Morgan fingerprint density at radius 1 is 1.30 bits per heavy atom. The van der Waals surface area contributed by atoms with E-state index in [1.165, 1.54) is 6.08 Å². The maximum atomic E-state index is 10.6. The summed E-state index contributed by atoms with van der Waals surface area (Å²) in [6.45, 7) is 14.7. The Balaban J connectivity index is 2.06. The largest absolute Gasteiger partial charge is 0.408 e. The first kappa shape index (κ1) is 22.3. The van der Waals surface area contributed by atoms with Gasteiger partial charge in [-0.25, -0.2) is 0 Å². The standard InChI is InChI=1S/C21H34O5Si/c1-7-16(22)20(26-27(5,6)21(2,3)4)19-17(23)13-18(25-19)24-14-15-11-9-8-10-12-15/h7-12,16-20,22-23H,1,13-14H2,2-6H3/t16-,17-,18?,19+,20+/m1/s1. The van der Waals surface area contributed by atoms with E-state index in [-0.39, 0.29) is 5.04 Å². The predicted molar refractivity (Wildman–Crippen MR) is 109 cm³/mol. The second-order valence-corrected chi connectivity index (χ2v) is 13.5. The summed E-state index contributed by atoms with van der Waals surface area (Å²) in [6, 6.07) is 9.82. The van der Waals surface area contributed by atoms with Crippen molar-refractivity contribution in [3.8, 4) is 0 Å². The Hall–Kier alpha value is -1.02. The summed E-state index contributed by atoms with van der Waals surface area (Å²) in [5.74, 6) is 0. The summed E-state index contributed by atoms with van der Waals surface area (Å²) in [5, 5.41) is 21.0. The Morgan fingerprint density at radius 3 is 2.48 bits per heavy atom. The van der Waals surface area contributed by atoms with E-state index in [2.05, 4.69) is 40.4 Å². The normalized spacial score (nSPS) is 26.0. The fourth-order valence-electron chi connectivity index (χ4n) is 2.80. The van der Waals surface area contributed by atoms with E-state index in [0.717, 1.165) is 5.56 Å². The molecular weight excluding hydrogens is 360 g/mol. The molecule has 5 atom stereocenters. The molecule has 1 fully saturated rings. The van der Waals surface area contributed by atoms with E-state index in [9.17, 15) is 10.2 Å². The van der Waals surface area contributed by atoms with Crippen molar-refractivity contribution in [3.63, 3.8) is 0 Å². The molecule has 1 unspecified atom stereocenters. The number of ether oxygens (including phenoxy) is 2. The number of hydrogen-bond donors (Lipinski definition) is 2. The van der Waals surface area contributed by atoms with Crippen LogP contribution in [0.2, 0.25) is 18.1 Å². The van der Waals surface area contributed by atoms with Crippen molar-refractivity contribution in [1.82, 2.24) is 0 Å². The molecule has 1 aromatic carbocycles. The van der Waals surface area contributed by atoms with Gasteiger partial charge in [0.25, 0.3) is 0 Å². The molecule has 0 spiro atoms. The van der Waals surface area contributed by atoms with Crippen molar-refractivity contribution >= 4 is 8.32 Å². The molecule has 1 heterocycles. The average Bonchev–Trinajstić information content (AvgIpc) is 2.97. The van der Waals surface area contributed by atoms with Gasteiger partial charge in [-0.15, -0.1) is 6.58 Å². The van der Waals surface area contributed by atoms with Gasteiger partial charge in [-0.1, -0.05) is 57.2 Å². The lowest BCUT2D eigenvalue weighted by molar-refractivity contribution is -0.170. The molecule has 1 aliphatic heterocycles. The smallest absolute Gasteiger partial charge is 0.192 e. The molecular formula is C21H34O5Si. The third-order valence-electron chi connectivity index (χ3n) is 5.54. The second-order valence-electron chi connectivity index (χ2n) is 8.70. The SMILES string of the molecule is C=C[C@@H](O)[C@H](O[Si](C)(C)C(C)(C)C)[C@H]1OC(OCc2ccccc2)C[C@H]1O. The van der Waals surface area contributed by atoms with Crippen molar-refractivity contribution in [2.75, 3.05) is 0 Å². The summed E-state index contributed by atoms with van der Waals surface area (Å²) in [6.07, 6.45) is -1.78. The summed E-state index contributed by atoms with van der Waals surface area (Å²) in [7, 11) is -2.18. The molecule has 5 nitrogen and oxygen atoms in total. The Bertz CT molecular complexity index is 598. The lowest BCUT2D eigenvalue weighted by atomic mass is 10.0. The molecule has 0 bridgehead atoms. The molecule has 0 saturated carbocycles. The van der Waals surface area contributed by atoms with Crippen molar-refractivity contribution in [3.05, 3.63) is 48.6 Å². The number of rotatable bonds is 8. The van der Waals surface area contributed by atoms with E-state index in [0.29, 0.717) is 13.0 Å². The highest BCUT2D eigenvalue weighted by Gasteiger charge is 2.47. The van der Waals surface area contributed by atoms with Gasteiger partial charge in [0.2, 0.25) is 0 Å². The number of aliphatic hydroxyl groups is 2. The minimum absolute atomic E-state index is 0.0289. The Morgan fingerprint density at radius 2 is 1.93 bits per heavy atom. The number of hydrogen-bond acceptors (Lipinski definition) is 5. The zero-order valence-corrected chi connectivity index (χ0v) is 18.1. The van der Waals surface area contributed by atoms with Crippen LogP contribution in [0.1, 0.15) is 32.8 Å². The van der Waals surface area contributed by atoms with Gasteiger partial charge in [0.05, 0.1) is 18.8 Å². The molecule has 0 radical (unpaired) electrons. The third kappa shape index (κ3) is 5.73. The molecule has 1 aliphatic rings. The Kier molecular flexibility index (Phi) is 7.41. The van der Waals surface area contributed by atoms with Crippen LogP contribution >= 0.6 is 0 Å². The molecule has 0 aromatic heterocycles. The van der Waals surface area contributed by atoms with Gasteiger partial charge in [0.1, 0.15) is 12.2 Å². The highest BCUT2D eigenvalue weighted by atomic mass is 28.4. The van der Waals surface area contributed by atoms with E-state index < -0.39 is 39.0 Å². The van der Waals surface area contributed by atoms with Gasteiger partial charge in [-0.2, -0.15) is 0 Å². The zero-order chi connectivity index (χ0) is 20.2. The topological polar surface area (TPSA) is 68.2 Å². The molecule has 2 rings (SSSR count). The van der Waals surface area contributed by atoms with Gasteiger partial charge in [0, 0.05) is 6.42 Å². The summed E-state index contributed by atoms with van der Waals surface area (Å²) >= 11 is 0. The molecule has 152 valence electrons. The first-order valence-electron chi connectivity index (χ1n) is 9.52. The second kappa shape index (κ2) is 8.98. The third-order valence-corrected chi connectivity index (χ3v) is 10.0. The van der Waals surface area contributed by atoms with Gasteiger partial charge in [-0.05, 0) is 23.7 Å². The van der Waals surface area contributed by atoms with Crippen LogP contribution in [0.3, 0.4) is 0 Å². The van der Waals surface area contributed by atoms with Crippen LogP contribution in [0.5, 0.6) is 0 Å². The van der Waals surface area contributed by atoms with Gasteiger partial charge in [-0.3, -0.25) is 0 Å². The molecule has 1 aromatic rings. The van der Waals surface area contributed by atoms with Gasteiger partial charge < -0.3 is 24.1 Å². The van der Waals surface area contributed by atoms with E-state index in [4.69, 9.17) is 13.9 Å². The van der Waals surface area contributed by atoms with Crippen molar-refractivity contribution < 1.29 is 24.1 Å². The van der Waals surface area contributed by atoms with E-state index >= 15 is 0 Å². The number of aliphatic hydroxyl groups excluding tert-OH is 2. The lowest BCUT2D eigenvalue weighted by Gasteiger charge is -2.42. The quantitative estimate of drug-likeness (QED) is 0.521. The Labute approximate surface area is 164 Å². The van der Waals surface area contributed by atoms with Crippen LogP contribution in [-0.2, 0) is 20.5 Å². The maximum absolute atomic E-state index is 10.6. The van der Waals surface area contributed by atoms with Crippen molar-refractivity contribution in [2.45, 2.75) is 82.6 Å². The molecule has 2 N–H and O–H groups in total. The predicted octanol–water partition coefficient (Wildman–Crippen LogP) is 3.62. The minimum Gasteiger partial charge on any atom is -0.408 e. The molecule has 6 heteroatoms. The van der Waals surface area contributed by atoms with Crippen molar-refractivity contribution in [2.24, 2.45) is 0 Å². The van der Waals surface area contributed by atoms with Crippen LogP contribution in [-0.4, -0.2) is 49.2 Å². The van der Waals surface area contributed by atoms with Gasteiger partial charge in [0.15, 0.2) is 14.6 Å². The zero-order valence-electron chi connectivity index (χ0n) is 17.1. The van der Waals surface area contributed by atoms with Crippen LogP contribution in [0.4, 0.5) is 0 Å². The fourth-order valence-corrected chi connectivity index (χ4v) is 4.11. The highest BCUT2D eigenvalue weighted by Crippen LogP contribution is 2.39. The summed E-state index contributed by atoms with van der Waals surface area (Å²) in [4.78, 5) is 0. The average molecular weight is 395 g/mol. The van der Waals surface area contributed by atoms with Crippen LogP contribution in [0.15, 0.2) is 43.0 Å². The molecule has 1 saturated heterocycles. The van der Waals surface area contributed by atoms with Crippen LogP contribution in [0.25, 0.3) is 0 Å². The molecule has 27 heavy (non-hydrogen) atoms. The van der Waals surface area contributed by atoms with Crippen LogP contribution in [0, 0.1) is 0 Å². The molecule has 0 aliphatic carbocycles. The van der Waals surface area contributed by atoms with Crippen molar-refractivity contribution in [1.29, 1.82) is 0 Å². The maximum Gasteiger partial charge on any atom is 0.192 e. The van der Waals surface area contributed by atoms with Crippen LogP contribution < -0.4 is 0 Å². The van der Waals surface area contributed by atoms with E-state index in [1.54, 1.807) is 0 Å².